The van der Waals surface area contributed by atoms with E-state index in [1.165, 1.54) is 12.1 Å². The van der Waals surface area contributed by atoms with Crippen molar-refractivity contribution < 1.29 is 13.9 Å². The molecule has 0 unspecified atom stereocenters. The second-order valence-electron chi connectivity index (χ2n) is 8.22. The van der Waals surface area contributed by atoms with Crippen molar-refractivity contribution >= 4 is 5.78 Å². The van der Waals surface area contributed by atoms with E-state index >= 15 is 0 Å². The number of allylic oxidation sites excluding steroid dienone is 3. The first-order chi connectivity index (χ1) is 13.8. The highest BCUT2D eigenvalue weighted by Crippen LogP contribution is 2.48. The number of nitrogens with zero attached hydrogens (tertiary/aromatic N) is 2. The minimum atomic E-state index is -0.625. The van der Waals surface area contributed by atoms with E-state index in [1.54, 1.807) is 24.5 Å². The molecule has 1 atom stereocenters. The van der Waals surface area contributed by atoms with Crippen molar-refractivity contribution in [1.29, 1.82) is 5.26 Å². The lowest BCUT2D eigenvalue weighted by atomic mass is 9.70. The van der Waals surface area contributed by atoms with Gasteiger partial charge in [0, 0.05) is 36.4 Å². The maximum absolute atomic E-state index is 13.3. The largest absolute Gasteiger partial charge is 0.444 e. The molecule has 1 aliphatic carbocycles. The molecule has 6 heteroatoms. The van der Waals surface area contributed by atoms with Gasteiger partial charge < -0.3 is 10.5 Å². The van der Waals surface area contributed by atoms with Crippen LogP contribution in [0.2, 0.25) is 0 Å². The van der Waals surface area contributed by atoms with Gasteiger partial charge in [-0.25, -0.2) is 4.39 Å². The van der Waals surface area contributed by atoms with Crippen molar-refractivity contribution in [2.45, 2.75) is 32.6 Å². The van der Waals surface area contributed by atoms with Crippen molar-refractivity contribution in [3.05, 3.63) is 76.9 Å². The summed E-state index contributed by atoms with van der Waals surface area (Å²) < 4.78 is 19.0. The first-order valence-electron chi connectivity index (χ1n) is 9.34. The van der Waals surface area contributed by atoms with Crippen LogP contribution in [0.15, 0.2) is 65.5 Å². The summed E-state index contributed by atoms with van der Waals surface area (Å²) in [5, 5.41) is 9.73. The number of benzene rings is 1. The summed E-state index contributed by atoms with van der Waals surface area (Å²) in [5.41, 5.74) is 8.72. The molecule has 29 heavy (non-hydrogen) atoms. The molecule has 0 saturated heterocycles. The van der Waals surface area contributed by atoms with E-state index in [-0.39, 0.29) is 28.5 Å². The summed E-state index contributed by atoms with van der Waals surface area (Å²) in [4.78, 5) is 17.3. The fraction of sp³-hybridized carbons (Fsp3) is 0.261. The third-order valence-electron chi connectivity index (χ3n) is 5.35. The zero-order valence-electron chi connectivity index (χ0n) is 16.2. The first-order valence-corrected chi connectivity index (χ1v) is 9.34. The molecule has 0 spiro atoms. The summed E-state index contributed by atoms with van der Waals surface area (Å²) >= 11 is 0. The highest BCUT2D eigenvalue weighted by Gasteiger charge is 2.43. The highest BCUT2D eigenvalue weighted by atomic mass is 19.1. The average molecular weight is 389 g/mol. The Morgan fingerprint density at radius 2 is 1.93 bits per heavy atom. The predicted molar refractivity (Wildman–Crippen MR) is 105 cm³/mol. The Bertz CT molecular complexity index is 1110. The molecule has 1 aliphatic heterocycles. The van der Waals surface area contributed by atoms with Crippen LogP contribution in [0.4, 0.5) is 4.39 Å². The lowest BCUT2D eigenvalue weighted by Gasteiger charge is -2.37. The molecule has 0 amide bonds. The van der Waals surface area contributed by atoms with Gasteiger partial charge in [0.2, 0.25) is 5.88 Å². The minimum Gasteiger partial charge on any atom is -0.444 e. The molecule has 2 aliphatic rings. The van der Waals surface area contributed by atoms with Gasteiger partial charge in [-0.15, -0.1) is 0 Å². The molecular formula is C23H20FN3O2. The number of ether oxygens (including phenoxy) is 1. The van der Waals surface area contributed by atoms with Crippen LogP contribution in [-0.2, 0) is 9.53 Å². The van der Waals surface area contributed by atoms with E-state index < -0.39 is 5.92 Å². The normalized spacial score (nSPS) is 20.8. The molecule has 4 rings (SSSR count). The molecule has 146 valence electrons. The number of ketones is 1. The van der Waals surface area contributed by atoms with Gasteiger partial charge in [0.05, 0.1) is 5.92 Å². The molecular weight excluding hydrogens is 369 g/mol. The molecule has 1 aromatic carbocycles. The van der Waals surface area contributed by atoms with Crippen LogP contribution < -0.4 is 5.73 Å². The fourth-order valence-corrected chi connectivity index (χ4v) is 4.03. The zero-order valence-corrected chi connectivity index (χ0v) is 16.2. The van der Waals surface area contributed by atoms with E-state index in [9.17, 15) is 14.4 Å². The number of aromatic nitrogens is 1. The van der Waals surface area contributed by atoms with Gasteiger partial charge in [-0.1, -0.05) is 26.0 Å². The minimum absolute atomic E-state index is 0.0222. The monoisotopic (exact) mass is 389 g/mol. The van der Waals surface area contributed by atoms with E-state index in [1.807, 2.05) is 19.9 Å². The zero-order chi connectivity index (χ0) is 20.8. The number of nitriles is 1. The Morgan fingerprint density at radius 3 is 2.62 bits per heavy atom. The van der Waals surface area contributed by atoms with Gasteiger partial charge in [0.1, 0.15) is 23.2 Å². The van der Waals surface area contributed by atoms with Gasteiger partial charge in [0.15, 0.2) is 5.78 Å². The van der Waals surface area contributed by atoms with Crippen LogP contribution in [0.5, 0.6) is 0 Å². The van der Waals surface area contributed by atoms with Gasteiger partial charge in [-0.2, -0.15) is 5.26 Å². The number of nitrogens with two attached hydrogens (primary N) is 1. The SMILES string of the molecule is CC1(C)CC(=O)C2=C(C1)OC(N)=C(C#N)[C@H]2c1cncc(-c2ccc(F)cc2)c1. The molecule has 2 heterocycles. The Labute approximate surface area is 168 Å². The van der Waals surface area contributed by atoms with Crippen LogP contribution in [0.25, 0.3) is 11.1 Å². The number of rotatable bonds is 2. The number of carbonyl (C=O) groups excluding carboxylic acids is 1. The Balaban J connectivity index is 1.85. The topological polar surface area (TPSA) is 89.0 Å². The van der Waals surface area contributed by atoms with Gasteiger partial charge in [-0.05, 0) is 34.7 Å². The van der Waals surface area contributed by atoms with Crippen molar-refractivity contribution in [2.24, 2.45) is 11.1 Å². The van der Waals surface area contributed by atoms with Crippen LogP contribution in [0, 0.1) is 22.6 Å². The Kier molecular flexibility index (Phi) is 4.46. The number of Topliss-reactive ketones (excluding diaryl/α,β-unsaturated/α-hetero) is 1. The second kappa shape index (κ2) is 6.85. The number of halogens is 1. The van der Waals surface area contributed by atoms with Gasteiger partial charge in [-0.3, -0.25) is 9.78 Å². The Morgan fingerprint density at radius 1 is 1.21 bits per heavy atom. The molecule has 5 nitrogen and oxygen atoms in total. The third-order valence-corrected chi connectivity index (χ3v) is 5.35. The predicted octanol–water partition coefficient (Wildman–Crippen LogP) is 4.34. The second-order valence-corrected chi connectivity index (χ2v) is 8.22. The van der Waals surface area contributed by atoms with Crippen molar-refractivity contribution in [3.8, 4) is 17.2 Å². The van der Waals surface area contributed by atoms with Crippen molar-refractivity contribution in [3.63, 3.8) is 0 Å². The van der Waals surface area contributed by atoms with Crippen molar-refractivity contribution in [2.75, 3.05) is 0 Å². The molecule has 0 radical (unpaired) electrons. The molecule has 0 bridgehead atoms. The van der Waals surface area contributed by atoms with Gasteiger partial charge in [0.25, 0.3) is 0 Å². The van der Waals surface area contributed by atoms with E-state index in [4.69, 9.17) is 10.5 Å². The van der Waals surface area contributed by atoms with Crippen LogP contribution in [0.1, 0.15) is 38.2 Å². The summed E-state index contributed by atoms with van der Waals surface area (Å²) in [5.74, 6) is -0.446. The summed E-state index contributed by atoms with van der Waals surface area (Å²) in [6.45, 7) is 4.01. The average Bonchev–Trinajstić information content (AvgIpc) is 2.66. The fourth-order valence-electron chi connectivity index (χ4n) is 4.03. The number of carbonyl (C=O) groups is 1. The Hall–Kier alpha value is -3.46. The molecule has 2 N–H and O–H groups in total. The lowest BCUT2D eigenvalue weighted by Crippen LogP contribution is -2.33. The van der Waals surface area contributed by atoms with Crippen LogP contribution in [0.3, 0.4) is 0 Å². The van der Waals surface area contributed by atoms with E-state index in [0.29, 0.717) is 29.7 Å². The number of pyridine rings is 1. The van der Waals surface area contributed by atoms with Crippen LogP contribution in [-0.4, -0.2) is 10.8 Å². The summed E-state index contributed by atoms with van der Waals surface area (Å²) in [6, 6.07) is 10.0. The van der Waals surface area contributed by atoms with Crippen LogP contribution >= 0.6 is 0 Å². The lowest BCUT2D eigenvalue weighted by molar-refractivity contribution is -0.119. The first kappa shape index (κ1) is 18.9. The quantitative estimate of drug-likeness (QED) is 0.825. The highest BCUT2D eigenvalue weighted by molar-refractivity contribution is 6.00. The third kappa shape index (κ3) is 3.40. The maximum Gasteiger partial charge on any atom is 0.205 e. The molecule has 0 saturated carbocycles. The standard InChI is InChI=1S/C23H20FN3O2/c1-23(2)8-18(28)21-19(9-23)29-22(26)17(10-25)20(21)15-7-14(11-27-12-15)13-3-5-16(24)6-4-13/h3-7,11-12,20H,8-9,26H2,1-2H3/t20-/m1/s1. The smallest absolute Gasteiger partial charge is 0.205 e. The van der Waals surface area contributed by atoms with Crippen molar-refractivity contribution in [1.82, 2.24) is 4.98 Å². The van der Waals surface area contributed by atoms with Gasteiger partial charge >= 0.3 is 0 Å². The summed E-state index contributed by atoms with van der Waals surface area (Å²) in [7, 11) is 0. The molecule has 0 fully saturated rings. The molecule has 2 aromatic rings. The number of hydrogen-bond donors (Lipinski definition) is 1. The van der Waals surface area contributed by atoms with E-state index in [0.717, 1.165) is 11.1 Å². The summed E-state index contributed by atoms with van der Waals surface area (Å²) in [6.07, 6.45) is 4.23. The molecule has 1 aromatic heterocycles. The number of hydrogen-bond acceptors (Lipinski definition) is 5. The maximum atomic E-state index is 13.3. The van der Waals surface area contributed by atoms with E-state index in [2.05, 4.69) is 11.1 Å².